The van der Waals surface area contributed by atoms with Crippen molar-refractivity contribution in [3.05, 3.63) is 0 Å². The van der Waals surface area contributed by atoms with Gasteiger partial charge in [0.15, 0.2) is 0 Å². The van der Waals surface area contributed by atoms with Gasteiger partial charge in [-0.3, -0.25) is 0 Å². The number of hydrogen-bond acceptors (Lipinski definition) is 3. The zero-order valence-electron chi connectivity index (χ0n) is 5.45. The van der Waals surface area contributed by atoms with E-state index >= 15 is 0 Å². The Labute approximate surface area is 54.9 Å². The van der Waals surface area contributed by atoms with Gasteiger partial charge in [0.1, 0.15) is 0 Å². The topological polar surface area (TPSA) is 91.2 Å². The van der Waals surface area contributed by atoms with E-state index in [0.29, 0.717) is 6.42 Å². The Hall–Kier alpha value is 0.270. The van der Waals surface area contributed by atoms with E-state index in [2.05, 4.69) is 5.73 Å². The molecule has 0 radical (unpaired) electrons. The van der Waals surface area contributed by atoms with Crippen molar-refractivity contribution in [2.45, 2.75) is 25.5 Å². The van der Waals surface area contributed by atoms with Crippen molar-refractivity contribution in [1.82, 2.24) is 0 Å². The molecule has 0 saturated carbocycles. The van der Waals surface area contributed by atoms with E-state index in [4.69, 9.17) is 9.79 Å². The molecule has 0 aliphatic heterocycles. The number of hydrogen-bond donors (Lipinski definition) is 3. The van der Waals surface area contributed by atoms with E-state index in [1.54, 1.807) is 0 Å². The standard InChI is InChI=1S/C4H12NO3P/c1-2-3-4(5)9(6,7)8/h4H,2-3,5H2,1H3,(H2,6,7,8)/p+1. The molecule has 9 heavy (non-hydrogen) atoms. The highest BCUT2D eigenvalue weighted by Gasteiger charge is 2.31. The predicted octanol–water partition coefficient (Wildman–Crippen LogP) is -1.54. The minimum atomic E-state index is -3.88. The zero-order valence-corrected chi connectivity index (χ0v) is 6.34. The largest absolute Gasteiger partial charge is 0.627 e. The first-order valence-corrected chi connectivity index (χ1v) is 4.55. The summed E-state index contributed by atoms with van der Waals surface area (Å²) in [6.45, 7) is 1.87. The Bertz CT molecular complexity index is 82.4. The monoisotopic (exact) mass is 154 g/mol. The third kappa shape index (κ3) is 3.78. The molecule has 0 rings (SSSR count). The summed E-state index contributed by atoms with van der Waals surface area (Å²) in [6.07, 6.45) is 1.25. The molecule has 1 unspecified atom stereocenters. The minimum absolute atomic E-state index is 0.490. The first-order valence-electron chi connectivity index (χ1n) is 2.86. The van der Waals surface area contributed by atoms with Gasteiger partial charge in [-0.1, -0.05) is 6.92 Å². The van der Waals surface area contributed by atoms with Crippen LogP contribution in [0.4, 0.5) is 0 Å². The van der Waals surface area contributed by atoms with Gasteiger partial charge < -0.3 is 10.6 Å². The van der Waals surface area contributed by atoms with Gasteiger partial charge in [0, 0.05) is 6.42 Å². The van der Waals surface area contributed by atoms with Crippen molar-refractivity contribution in [3.63, 3.8) is 0 Å². The molecule has 5 N–H and O–H groups in total. The lowest BCUT2D eigenvalue weighted by atomic mass is 10.3. The van der Waals surface area contributed by atoms with Gasteiger partial charge >= 0.3 is 0 Å². The van der Waals surface area contributed by atoms with Crippen molar-refractivity contribution >= 4 is 7.94 Å². The molecule has 0 aromatic carbocycles. The molecule has 0 bridgehead atoms. The van der Waals surface area contributed by atoms with Crippen molar-refractivity contribution in [3.8, 4) is 0 Å². The van der Waals surface area contributed by atoms with Gasteiger partial charge in [0.05, 0.1) is 0 Å². The predicted molar refractivity (Wildman–Crippen MR) is 32.9 cm³/mol. The Morgan fingerprint density at radius 3 is 2.22 bits per heavy atom. The Balaban J connectivity index is 3.59. The smallest absolute Gasteiger partial charge is 0.288 e. The molecule has 0 aliphatic carbocycles. The number of rotatable bonds is 3. The normalized spacial score (nSPS) is 15.7. The molecule has 0 aliphatic rings. The summed E-state index contributed by atoms with van der Waals surface area (Å²) in [5.74, 6) is -0.720. The second kappa shape index (κ2) is 3.44. The van der Waals surface area contributed by atoms with Crippen LogP contribution in [0.2, 0.25) is 0 Å². The summed E-state index contributed by atoms with van der Waals surface area (Å²) < 4.78 is 0. The second-order valence-electron chi connectivity index (χ2n) is 2.03. The maximum Gasteiger partial charge on any atom is 0.288 e. The van der Waals surface area contributed by atoms with Crippen LogP contribution in [0.15, 0.2) is 0 Å². The fourth-order valence-electron chi connectivity index (χ4n) is 0.501. The van der Waals surface area contributed by atoms with E-state index in [0.717, 1.165) is 6.42 Å². The van der Waals surface area contributed by atoms with Gasteiger partial charge in [-0.15, -0.1) is 0 Å². The lowest BCUT2D eigenvalue weighted by Gasteiger charge is -2.18. The summed E-state index contributed by atoms with van der Waals surface area (Å²) in [5.41, 5.74) is 3.34. The maximum atomic E-state index is 10.4. The molecule has 0 spiro atoms. The summed E-state index contributed by atoms with van der Waals surface area (Å²) in [6, 6.07) is 0. The highest BCUT2D eigenvalue weighted by atomic mass is 31.2. The molecule has 0 saturated heterocycles. The SMILES string of the molecule is CCCC([NH3+])[P+]([O-])(O)O. The van der Waals surface area contributed by atoms with Gasteiger partial charge in [0.2, 0.25) is 5.78 Å². The minimum Gasteiger partial charge on any atom is -0.627 e. The van der Waals surface area contributed by atoms with E-state index in [1.807, 2.05) is 6.92 Å². The molecule has 56 valence electrons. The fraction of sp³-hybridized carbons (Fsp3) is 1.00. The average molecular weight is 154 g/mol. The maximum absolute atomic E-state index is 10.4. The number of quaternary nitrogens is 1. The van der Waals surface area contributed by atoms with Crippen LogP contribution >= 0.6 is 7.94 Å². The highest BCUT2D eigenvalue weighted by Crippen LogP contribution is 2.43. The Morgan fingerprint density at radius 2 is 2.11 bits per heavy atom. The third-order valence-corrected chi connectivity index (χ3v) is 2.31. The van der Waals surface area contributed by atoms with Crippen LogP contribution < -0.4 is 10.6 Å². The van der Waals surface area contributed by atoms with Crippen LogP contribution in [0.3, 0.4) is 0 Å². The van der Waals surface area contributed by atoms with E-state index in [-0.39, 0.29) is 0 Å². The van der Waals surface area contributed by atoms with E-state index in [1.165, 1.54) is 0 Å². The molecule has 5 heteroatoms. The van der Waals surface area contributed by atoms with E-state index in [9.17, 15) is 4.89 Å². The van der Waals surface area contributed by atoms with Gasteiger partial charge in [-0.25, -0.2) is 9.79 Å². The Kier molecular flexibility index (Phi) is 3.54. The van der Waals surface area contributed by atoms with Gasteiger partial charge in [0.25, 0.3) is 7.94 Å². The quantitative estimate of drug-likeness (QED) is 0.430. The van der Waals surface area contributed by atoms with Crippen molar-refractivity contribution in [1.29, 1.82) is 0 Å². The van der Waals surface area contributed by atoms with E-state index < -0.39 is 13.7 Å². The van der Waals surface area contributed by atoms with Crippen LogP contribution in [-0.4, -0.2) is 15.6 Å². The molecule has 0 amide bonds. The first kappa shape index (κ1) is 9.27. The average Bonchev–Trinajstić information content (AvgIpc) is 1.64. The summed E-state index contributed by atoms with van der Waals surface area (Å²) in [7, 11) is -3.88. The van der Waals surface area contributed by atoms with Crippen LogP contribution in [0.5, 0.6) is 0 Å². The van der Waals surface area contributed by atoms with Crippen LogP contribution in [0, 0.1) is 0 Å². The van der Waals surface area contributed by atoms with Crippen molar-refractivity contribution in [2.75, 3.05) is 0 Å². The molecule has 0 aromatic heterocycles. The van der Waals surface area contributed by atoms with Gasteiger partial charge in [-0.05, 0) is 6.42 Å². The lowest BCUT2D eigenvalue weighted by Crippen LogP contribution is -2.63. The van der Waals surface area contributed by atoms with Gasteiger partial charge in [-0.2, -0.15) is 0 Å². The Morgan fingerprint density at radius 1 is 1.67 bits per heavy atom. The fourth-order valence-corrected chi connectivity index (χ4v) is 1.10. The molecule has 0 aromatic rings. The molecule has 1 atom stereocenters. The molecule has 0 heterocycles. The van der Waals surface area contributed by atoms with Crippen LogP contribution in [-0.2, 0) is 0 Å². The molecule has 4 nitrogen and oxygen atoms in total. The first-order chi connectivity index (χ1) is 3.98. The lowest BCUT2D eigenvalue weighted by molar-refractivity contribution is -0.410. The second-order valence-corrected chi connectivity index (χ2v) is 3.94. The summed E-state index contributed by atoms with van der Waals surface area (Å²) in [4.78, 5) is 27.3. The summed E-state index contributed by atoms with van der Waals surface area (Å²) >= 11 is 0. The molecule has 0 fully saturated rings. The van der Waals surface area contributed by atoms with Crippen molar-refractivity contribution < 1.29 is 20.4 Å². The molecular weight excluding hydrogens is 141 g/mol. The highest BCUT2D eigenvalue weighted by molar-refractivity contribution is 7.57. The zero-order chi connectivity index (χ0) is 7.49. The third-order valence-electron chi connectivity index (χ3n) is 1.10. The van der Waals surface area contributed by atoms with Crippen LogP contribution in [0.1, 0.15) is 19.8 Å². The summed E-state index contributed by atoms with van der Waals surface area (Å²) in [5, 5.41) is 0. The van der Waals surface area contributed by atoms with Crippen molar-refractivity contribution in [2.24, 2.45) is 0 Å². The molecular formula is C4H13NO3P+. The van der Waals surface area contributed by atoms with Crippen LogP contribution in [0.25, 0.3) is 0 Å².